The molecule has 3 rings (SSSR count). The fraction of sp³-hybridized carbons (Fsp3) is 0.0526. The molecular weight excluding hydrogens is 425 g/mol. The highest BCUT2D eigenvalue weighted by Gasteiger charge is 2.34. The number of benzene rings is 2. The minimum atomic E-state index is -4.49. The van der Waals surface area contributed by atoms with Gasteiger partial charge in [0, 0.05) is 15.6 Å². The summed E-state index contributed by atoms with van der Waals surface area (Å²) in [5.41, 5.74) is 1.88. The molecule has 0 atom stereocenters. The van der Waals surface area contributed by atoms with Gasteiger partial charge in [-0.2, -0.15) is 18.3 Å². The van der Waals surface area contributed by atoms with E-state index in [1.54, 1.807) is 24.3 Å². The van der Waals surface area contributed by atoms with E-state index in [9.17, 15) is 18.0 Å². The van der Waals surface area contributed by atoms with Gasteiger partial charge in [-0.1, -0.05) is 40.2 Å². The molecule has 0 aliphatic heterocycles. The molecule has 27 heavy (non-hydrogen) atoms. The number of carbonyl (C=O) groups excluding carboxylic acids is 1. The lowest BCUT2D eigenvalue weighted by molar-refractivity contribution is -0.137. The van der Waals surface area contributed by atoms with E-state index in [1.165, 1.54) is 36.5 Å². The summed E-state index contributed by atoms with van der Waals surface area (Å²) in [6, 6.07) is 14.8. The predicted molar refractivity (Wildman–Crippen MR) is 98.3 cm³/mol. The van der Waals surface area contributed by atoms with Gasteiger partial charge in [-0.3, -0.25) is 4.79 Å². The van der Waals surface area contributed by atoms with Crippen molar-refractivity contribution in [3.8, 4) is 11.3 Å². The summed E-state index contributed by atoms with van der Waals surface area (Å²) in [5, 5.41) is 3.77. The standard InChI is InChI=1S/C19H12BrF3N2O2/c20-13-5-3-4-12(10-13)18(26)25-24-11-14-8-9-17(27-14)15-6-1-2-7-16(15)19(21,22)23/h1-11H,(H,25,26)/b24-11-. The van der Waals surface area contributed by atoms with E-state index in [1.807, 2.05) is 0 Å². The average Bonchev–Trinajstić information content (AvgIpc) is 3.10. The molecule has 2 aromatic carbocycles. The van der Waals surface area contributed by atoms with Crippen LogP contribution in [0.2, 0.25) is 0 Å². The van der Waals surface area contributed by atoms with Crippen LogP contribution in [-0.2, 0) is 6.18 Å². The highest BCUT2D eigenvalue weighted by molar-refractivity contribution is 9.10. The summed E-state index contributed by atoms with van der Waals surface area (Å²) in [4.78, 5) is 12.0. The quantitative estimate of drug-likeness (QED) is 0.434. The summed E-state index contributed by atoms with van der Waals surface area (Å²) < 4.78 is 45.5. The van der Waals surface area contributed by atoms with Gasteiger partial charge in [0.25, 0.3) is 5.91 Å². The molecule has 0 saturated heterocycles. The Balaban J connectivity index is 1.74. The molecule has 0 saturated carbocycles. The van der Waals surface area contributed by atoms with Gasteiger partial charge in [-0.05, 0) is 36.4 Å². The summed E-state index contributed by atoms with van der Waals surface area (Å²) in [6.45, 7) is 0. The molecule has 0 fully saturated rings. The first-order valence-corrected chi connectivity index (χ1v) is 8.49. The van der Waals surface area contributed by atoms with Gasteiger partial charge in [0.15, 0.2) is 0 Å². The Bertz CT molecular complexity index is 996. The van der Waals surface area contributed by atoms with Crippen LogP contribution >= 0.6 is 15.9 Å². The number of hydrogen-bond donors (Lipinski definition) is 1. The molecule has 0 radical (unpaired) electrons. The molecule has 1 aromatic heterocycles. The number of amides is 1. The number of hydrogen-bond acceptors (Lipinski definition) is 3. The third-order valence-electron chi connectivity index (χ3n) is 3.57. The van der Waals surface area contributed by atoms with Gasteiger partial charge in [0.05, 0.1) is 11.8 Å². The van der Waals surface area contributed by atoms with Crippen molar-refractivity contribution in [3.63, 3.8) is 0 Å². The lowest BCUT2D eigenvalue weighted by Gasteiger charge is -2.10. The number of carbonyl (C=O) groups is 1. The molecule has 3 aromatic rings. The minimum absolute atomic E-state index is 0.0580. The lowest BCUT2D eigenvalue weighted by Crippen LogP contribution is -2.17. The molecule has 0 aliphatic carbocycles. The van der Waals surface area contributed by atoms with Gasteiger partial charge in [-0.15, -0.1) is 0 Å². The van der Waals surface area contributed by atoms with Gasteiger partial charge >= 0.3 is 6.18 Å². The van der Waals surface area contributed by atoms with Crippen molar-refractivity contribution >= 4 is 28.1 Å². The number of hydrazone groups is 1. The number of nitrogens with zero attached hydrogens (tertiary/aromatic N) is 1. The van der Waals surface area contributed by atoms with Crippen LogP contribution in [0.4, 0.5) is 13.2 Å². The Morgan fingerprint density at radius 1 is 1.07 bits per heavy atom. The van der Waals surface area contributed by atoms with Crippen molar-refractivity contribution in [2.45, 2.75) is 6.18 Å². The number of furan rings is 1. The van der Waals surface area contributed by atoms with Crippen molar-refractivity contribution in [2.75, 3.05) is 0 Å². The molecule has 138 valence electrons. The maximum absolute atomic E-state index is 13.1. The van der Waals surface area contributed by atoms with Crippen LogP contribution < -0.4 is 5.43 Å². The second-order valence-electron chi connectivity index (χ2n) is 5.45. The molecular formula is C19H12BrF3N2O2. The molecule has 1 amide bonds. The molecule has 4 nitrogen and oxygen atoms in total. The first kappa shape index (κ1) is 18.9. The SMILES string of the molecule is O=C(N/N=C\c1ccc(-c2ccccc2C(F)(F)F)o1)c1cccc(Br)c1. The van der Waals surface area contributed by atoms with Crippen LogP contribution in [0.3, 0.4) is 0 Å². The largest absolute Gasteiger partial charge is 0.455 e. The van der Waals surface area contributed by atoms with E-state index in [4.69, 9.17) is 4.42 Å². The van der Waals surface area contributed by atoms with E-state index < -0.39 is 17.6 Å². The second kappa shape index (κ2) is 7.79. The first-order chi connectivity index (χ1) is 12.8. The van der Waals surface area contributed by atoms with E-state index in [0.717, 1.165) is 10.5 Å². The zero-order valence-corrected chi connectivity index (χ0v) is 15.2. The third kappa shape index (κ3) is 4.65. The van der Waals surface area contributed by atoms with Gasteiger partial charge in [-0.25, -0.2) is 5.43 Å². The Labute approximate surface area is 160 Å². The number of alkyl halides is 3. The fourth-order valence-electron chi connectivity index (χ4n) is 2.36. The fourth-order valence-corrected chi connectivity index (χ4v) is 2.76. The maximum atomic E-state index is 13.1. The van der Waals surface area contributed by atoms with Crippen LogP contribution in [0.25, 0.3) is 11.3 Å². The molecule has 0 aliphatic rings. The van der Waals surface area contributed by atoms with E-state index in [-0.39, 0.29) is 17.1 Å². The van der Waals surface area contributed by atoms with Crippen LogP contribution in [0.1, 0.15) is 21.7 Å². The number of halogens is 4. The van der Waals surface area contributed by atoms with Gasteiger partial charge in [0.1, 0.15) is 11.5 Å². The van der Waals surface area contributed by atoms with Crippen molar-refractivity contribution in [1.82, 2.24) is 5.43 Å². The highest BCUT2D eigenvalue weighted by atomic mass is 79.9. The molecule has 1 N–H and O–H groups in total. The lowest BCUT2D eigenvalue weighted by atomic mass is 10.1. The Morgan fingerprint density at radius 3 is 2.59 bits per heavy atom. The summed E-state index contributed by atoms with van der Waals surface area (Å²) in [7, 11) is 0. The molecule has 0 bridgehead atoms. The Kier molecular flexibility index (Phi) is 5.46. The van der Waals surface area contributed by atoms with Gasteiger partial charge < -0.3 is 4.42 Å². The van der Waals surface area contributed by atoms with Crippen LogP contribution in [0, 0.1) is 0 Å². The predicted octanol–water partition coefficient (Wildman–Crippen LogP) is 5.49. The van der Waals surface area contributed by atoms with E-state index in [2.05, 4.69) is 26.5 Å². The van der Waals surface area contributed by atoms with Crippen LogP contribution in [0.5, 0.6) is 0 Å². The third-order valence-corrected chi connectivity index (χ3v) is 4.06. The summed E-state index contributed by atoms with van der Waals surface area (Å²) in [6.07, 6.45) is -3.27. The molecule has 8 heteroatoms. The summed E-state index contributed by atoms with van der Waals surface area (Å²) >= 11 is 3.27. The van der Waals surface area contributed by atoms with Crippen LogP contribution in [-0.4, -0.2) is 12.1 Å². The Morgan fingerprint density at radius 2 is 1.85 bits per heavy atom. The average molecular weight is 437 g/mol. The van der Waals surface area contributed by atoms with E-state index in [0.29, 0.717) is 5.56 Å². The zero-order chi connectivity index (χ0) is 19.4. The normalized spacial score (nSPS) is 11.7. The highest BCUT2D eigenvalue weighted by Crippen LogP contribution is 2.37. The maximum Gasteiger partial charge on any atom is 0.417 e. The summed E-state index contributed by atoms with van der Waals surface area (Å²) in [5.74, 6) is -0.166. The first-order valence-electron chi connectivity index (χ1n) is 7.70. The number of nitrogens with one attached hydrogen (secondary N) is 1. The Hall–Kier alpha value is -2.87. The van der Waals surface area contributed by atoms with Gasteiger partial charge in [0.2, 0.25) is 0 Å². The van der Waals surface area contributed by atoms with Crippen molar-refractivity contribution in [3.05, 3.63) is 82.0 Å². The second-order valence-corrected chi connectivity index (χ2v) is 6.37. The van der Waals surface area contributed by atoms with Crippen LogP contribution in [0.15, 0.2) is 74.7 Å². The van der Waals surface area contributed by atoms with Crippen molar-refractivity contribution in [2.24, 2.45) is 5.10 Å². The smallest absolute Gasteiger partial charge is 0.417 e. The van der Waals surface area contributed by atoms with Crippen molar-refractivity contribution < 1.29 is 22.4 Å². The minimum Gasteiger partial charge on any atom is -0.455 e. The molecule has 1 heterocycles. The molecule has 0 spiro atoms. The monoisotopic (exact) mass is 436 g/mol. The number of rotatable bonds is 4. The molecule has 0 unspecified atom stereocenters. The van der Waals surface area contributed by atoms with E-state index >= 15 is 0 Å². The topological polar surface area (TPSA) is 54.6 Å². The van der Waals surface area contributed by atoms with Crippen molar-refractivity contribution in [1.29, 1.82) is 0 Å². The zero-order valence-electron chi connectivity index (χ0n) is 13.6.